The first kappa shape index (κ1) is 18.0. The lowest BCUT2D eigenvalue weighted by Crippen LogP contribution is -2.44. The molecule has 29 heavy (non-hydrogen) atoms. The van der Waals surface area contributed by atoms with Crippen LogP contribution in [0.2, 0.25) is 0 Å². The van der Waals surface area contributed by atoms with Gasteiger partial charge < -0.3 is 20.1 Å². The number of para-hydroxylation sites is 1. The summed E-state index contributed by atoms with van der Waals surface area (Å²) in [5.41, 5.74) is 8.78. The first-order valence-corrected chi connectivity index (χ1v) is 9.71. The van der Waals surface area contributed by atoms with Crippen LogP contribution in [0.15, 0.2) is 35.1 Å². The molecule has 3 aromatic rings. The molecule has 0 fully saturated rings. The third-order valence-corrected chi connectivity index (χ3v) is 6.09. The summed E-state index contributed by atoms with van der Waals surface area (Å²) in [6, 6.07) is 9.24. The van der Waals surface area contributed by atoms with Gasteiger partial charge in [-0.05, 0) is 31.0 Å². The van der Waals surface area contributed by atoms with Gasteiger partial charge in [-0.1, -0.05) is 25.1 Å². The summed E-state index contributed by atoms with van der Waals surface area (Å²) >= 11 is 0. The van der Waals surface area contributed by atoms with Crippen LogP contribution < -0.4 is 11.3 Å². The molecule has 0 spiro atoms. The van der Waals surface area contributed by atoms with Gasteiger partial charge in [-0.15, -0.1) is 0 Å². The maximum absolute atomic E-state index is 13.3. The number of nitrogens with zero attached hydrogens (tertiary/aromatic N) is 2. The van der Waals surface area contributed by atoms with Gasteiger partial charge in [0.15, 0.2) is 5.60 Å². The monoisotopic (exact) mass is 391 g/mol. The van der Waals surface area contributed by atoms with E-state index in [9.17, 15) is 14.7 Å². The summed E-state index contributed by atoms with van der Waals surface area (Å²) in [6.45, 7) is 3.82. The van der Waals surface area contributed by atoms with Gasteiger partial charge in [0.1, 0.15) is 6.61 Å². The lowest BCUT2D eigenvalue weighted by atomic mass is 9.86. The second-order valence-corrected chi connectivity index (χ2v) is 7.76. The van der Waals surface area contributed by atoms with Gasteiger partial charge in [-0.25, -0.2) is 9.78 Å². The number of carbonyl (C=O) groups excluding carboxylic acids is 1. The molecule has 0 saturated carbocycles. The van der Waals surface area contributed by atoms with Crippen molar-refractivity contribution in [2.24, 2.45) is 5.73 Å². The Kier molecular flexibility index (Phi) is 3.72. The highest BCUT2D eigenvalue weighted by molar-refractivity contribution is 5.89. The molecule has 5 rings (SSSR count). The molecule has 0 amide bonds. The topological polar surface area (TPSA) is 107 Å². The first-order valence-electron chi connectivity index (χ1n) is 9.71. The van der Waals surface area contributed by atoms with Gasteiger partial charge in [-0.2, -0.15) is 0 Å². The lowest BCUT2D eigenvalue weighted by Gasteiger charge is -2.31. The quantitative estimate of drug-likeness (QED) is 0.507. The average molecular weight is 391 g/mol. The number of aromatic nitrogens is 2. The van der Waals surface area contributed by atoms with E-state index in [1.807, 2.05) is 31.2 Å². The fourth-order valence-electron chi connectivity index (χ4n) is 4.58. The van der Waals surface area contributed by atoms with E-state index in [0.29, 0.717) is 29.1 Å². The van der Waals surface area contributed by atoms with Crippen molar-refractivity contribution >= 4 is 16.9 Å². The Morgan fingerprint density at radius 3 is 2.79 bits per heavy atom. The number of benzene rings is 1. The number of pyridine rings is 2. The van der Waals surface area contributed by atoms with Crippen molar-refractivity contribution < 1.29 is 14.6 Å². The summed E-state index contributed by atoms with van der Waals surface area (Å²) in [6.07, 6.45) is 0.116. The summed E-state index contributed by atoms with van der Waals surface area (Å²) in [7, 11) is 0. The maximum Gasteiger partial charge on any atom is 0.343 e. The van der Waals surface area contributed by atoms with Crippen LogP contribution in [-0.2, 0) is 28.3 Å². The highest BCUT2D eigenvalue weighted by Crippen LogP contribution is 2.41. The van der Waals surface area contributed by atoms with Gasteiger partial charge in [0.2, 0.25) is 0 Å². The van der Waals surface area contributed by atoms with Gasteiger partial charge in [0.25, 0.3) is 5.56 Å². The molecule has 7 heteroatoms. The van der Waals surface area contributed by atoms with Gasteiger partial charge in [0.05, 0.1) is 29.0 Å². The molecular formula is C22H21N3O4. The first-order chi connectivity index (χ1) is 13.9. The molecule has 2 aromatic heterocycles. The number of nitrogens with two attached hydrogens (primary N) is 1. The summed E-state index contributed by atoms with van der Waals surface area (Å²) < 4.78 is 6.75. The molecular weight excluding hydrogens is 370 g/mol. The zero-order chi connectivity index (χ0) is 20.5. The van der Waals surface area contributed by atoms with Crippen LogP contribution in [0.1, 0.15) is 48.6 Å². The van der Waals surface area contributed by atoms with Crippen LogP contribution in [0.25, 0.3) is 22.3 Å². The van der Waals surface area contributed by atoms with Crippen molar-refractivity contribution in [2.45, 2.75) is 45.1 Å². The zero-order valence-corrected chi connectivity index (χ0v) is 16.2. The Labute approximate surface area is 166 Å². The number of hydrogen-bond donors (Lipinski definition) is 2. The summed E-state index contributed by atoms with van der Waals surface area (Å²) in [5, 5.41) is 11.9. The largest absolute Gasteiger partial charge is 0.458 e. The van der Waals surface area contributed by atoms with E-state index < -0.39 is 11.6 Å². The van der Waals surface area contributed by atoms with Gasteiger partial charge in [0, 0.05) is 22.6 Å². The number of hydrogen-bond acceptors (Lipinski definition) is 6. The highest BCUT2D eigenvalue weighted by atomic mass is 16.6. The molecule has 0 unspecified atom stereocenters. The number of esters is 1. The van der Waals surface area contributed by atoms with E-state index in [1.165, 1.54) is 0 Å². The SMILES string of the molecule is CC[C@@]1(O)C(=O)OCc2c1cc1n(c2=O)Cc2c-1nc1ccccc1c2[C@H](C)N. The van der Waals surface area contributed by atoms with E-state index >= 15 is 0 Å². The third-order valence-electron chi connectivity index (χ3n) is 6.09. The van der Waals surface area contributed by atoms with E-state index in [1.54, 1.807) is 17.6 Å². The molecule has 3 N–H and O–H groups in total. The van der Waals surface area contributed by atoms with Crippen molar-refractivity contribution in [3.63, 3.8) is 0 Å². The fourth-order valence-corrected chi connectivity index (χ4v) is 4.58. The number of aliphatic hydroxyl groups is 1. The molecule has 4 heterocycles. The summed E-state index contributed by atoms with van der Waals surface area (Å²) in [4.78, 5) is 30.3. The minimum atomic E-state index is -1.83. The Bertz CT molecular complexity index is 1260. The Hall–Kier alpha value is -3.03. The molecule has 7 nitrogen and oxygen atoms in total. The predicted molar refractivity (Wildman–Crippen MR) is 107 cm³/mol. The smallest absolute Gasteiger partial charge is 0.343 e. The van der Waals surface area contributed by atoms with Gasteiger partial charge in [-0.3, -0.25) is 4.79 Å². The molecule has 0 bridgehead atoms. The van der Waals surface area contributed by atoms with Crippen LogP contribution in [0, 0.1) is 0 Å². The minimum Gasteiger partial charge on any atom is -0.458 e. The van der Waals surface area contributed by atoms with Crippen LogP contribution in [0.5, 0.6) is 0 Å². The van der Waals surface area contributed by atoms with Gasteiger partial charge >= 0.3 is 5.97 Å². The number of rotatable bonds is 2. The molecule has 2 aliphatic rings. The normalized spacial score (nSPS) is 20.8. The highest BCUT2D eigenvalue weighted by Gasteiger charge is 2.45. The zero-order valence-electron chi connectivity index (χ0n) is 16.2. The minimum absolute atomic E-state index is 0.116. The molecule has 2 aliphatic heterocycles. The Morgan fingerprint density at radius 1 is 1.31 bits per heavy atom. The molecule has 1 aromatic carbocycles. The second-order valence-electron chi connectivity index (χ2n) is 7.76. The number of fused-ring (bicyclic) bond motifs is 5. The lowest BCUT2D eigenvalue weighted by molar-refractivity contribution is -0.172. The third kappa shape index (κ3) is 2.28. The average Bonchev–Trinajstić information content (AvgIpc) is 3.07. The van der Waals surface area contributed by atoms with Crippen molar-refractivity contribution in [3.05, 3.63) is 62.9 Å². The van der Waals surface area contributed by atoms with E-state index in [4.69, 9.17) is 15.5 Å². The van der Waals surface area contributed by atoms with Crippen LogP contribution in [-0.4, -0.2) is 20.6 Å². The summed E-state index contributed by atoms with van der Waals surface area (Å²) in [5.74, 6) is -0.724. The maximum atomic E-state index is 13.3. The van der Waals surface area contributed by atoms with Crippen LogP contribution in [0.3, 0.4) is 0 Å². The fraction of sp³-hybridized carbons (Fsp3) is 0.318. The standard InChI is InChI=1S/C22H21N3O4/c1-3-22(28)15-8-17-19-13(9-25(17)20(26)14(15)10-29-21(22)27)18(11(2)23)12-6-4-5-7-16(12)24-19/h4-8,11,28H,3,9-10,23H2,1-2H3/t11-,22-/m0/s1. The van der Waals surface area contributed by atoms with E-state index in [2.05, 4.69) is 0 Å². The van der Waals surface area contributed by atoms with Crippen molar-refractivity contribution in [1.82, 2.24) is 9.55 Å². The van der Waals surface area contributed by atoms with E-state index in [0.717, 1.165) is 22.0 Å². The molecule has 0 aliphatic carbocycles. The number of cyclic esters (lactones) is 1. The van der Waals surface area contributed by atoms with Crippen LogP contribution in [0.4, 0.5) is 0 Å². The Morgan fingerprint density at radius 2 is 2.07 bits per heavy atom. The van der Waals surface area contributed by atoms with Crippen LogP contribution >= 0.6 is 0 Å². The molecule has 148 valence electrons. The van der Waals surface area contributed by atoms with Crippen molar-refractivity contribution in [3.8, 4) is 11.4 Å². The predicted octanol–water partition coefficient (Wildman–Crippen LogP) is 2.10. The molecule has 0 radical (unpaired) electrons. The molecule has 0 saturated heterocycles. The van der Waals surface area contributed by atoms with E-state index in [-0.39, 0.29) is 24.6 Å². The Balaban J connectivity index is 1.85. The molecule has 2 atom stereocenters. The van der Waals surface area contributed by atoms with Crippen molar-refractivity contribution in [1.29, 1.82) is 0 Å². The second kappa shape index (κ2) is 5.98. The number of ether oxygens (including phenoxy) is 1. The number of carbonyl (C=O) groups is 1. The van der Waals surface area contributed by atoms with Crippen molar-refractivity contribution in [2.75, 3.05) is 0 Å².